The van der Waals surface area contributed by atoms with E-state index in [0.29, 0.717) is 21.7 Å². The molecule has 1 atom stereocenters. The molecule has 1 unspecified atom stereocenters. The molecule has 1 amide bonds. The summed E-state index contributed by atoms with van der Waals surface area (Å²) in [5, 5.41) is 12.1. The number of hydrogen-bond donors (Lipinski definition) is 1. The number of benzene rings is 2. The van der Waals surface area contributed by atoms with Crippen LogP contribution in [0.4, 0.5) is 0 Å². The Hall–Kier alpha value is -3.25. The van der Waals surface area contributed by atoms with Crippen molar-refractivity contribution in [2.24, 2.45) is 0 Å². The van der Waals surface area contributed by atoms with Crippen molar-refractivity contribution in [3.8, 4) is 5.75 Å². The standard InChI is InChI=1S/C25H22ClNO5/c1-31-18-9-6-14(7-10-18)22-21(24(29)25(30)27(22)17-4-2-3-5-17)23(28)20-13-15-12-16(26)8-11-19(15)32-20/h6-13,17,22,29H,2-5H2,1H3. The summed E-state index contributed by atoms with van der Waals surface area (Å²) < 4.78 is 11.0. The molecule has 3 aromatic rings. The Balaban J connectivity index is 1.60. The quantitative estimate of drug-likeness (QED) is 0.509. The van der Waals surface area contributed by atoms with Crippen LogP contribution < -0.4 is 4.74 Å². The van der Waals surface area contributed by atoms with E-state index in [9.17, 15) is 14.7 Å². The smallest absolute Gasteiger partial charge is 0.290 e. The van der Waals surface area contributed by atoms with Gasteiger partial charge >= 0.3 is 0 Å². The second-order valence-electron chi connectivity index (χ2n) is 8.21. The first-order valence-corrected chi connectivity index (χ1v) is 11.0. The zero-order chi connectivity index (χ0) is 22.4. The van der Waals surface area contributed by atoms with E-state index in [0.717, 1.165) is 31.2 Å². The Labute approximate surface area is 190 Å². The topological polar surface area (TPSA) is 80.0 Å². The van der Waals surface area contributed by atoms with Crippen LogP contribution in [0.3, 0.4) is 0 Å². The van der Waals surface area contributed by atoms with Gasteiger partial charge in [-0.3, -0.25) is 9.59 Å². The van der Waals surface area contributed by atoms with Crippen LogP contribution in [0.2, 0.25) is 5.02 Å². The second kappa shape index (κ2) is 8.02. The summed E-state index contributed by atoms with van der Waals surface area (Å²) in [6.07, 6.45) is 3.71. The minimum absolute atomic E-state index is 0.0310. The summed E-state index contributed by atoms with van der Waals surface area (Å²) in [5.41, 5.74) is 1.28. The van der Waals surface area contributed by atoms with E-state index >= 15 is 0 Å². The Morgan fingerprint density at radius 3 is 2.53 bits per heavy atom. The average molecular weight is 452 g/mol. The lowest BCUT2D eigenvalue weighted by atomic mass is 9.94. The van der Waals surface area contributed by atoms with Gasteiger partial charge < -0.3 is 19.2 Å². The van der Waals surface area contributed by atoms with E-state index in [1.165, 1.54) is 0 Å². The highest BCUT2D eigenvalue weighted by atomic mass is 35.5. The fourth-order valence-electron chi connectivity index (χ4n) is 4.79. The molecule has 1 aliphatic heterocycles. The number of furan rings is 1. The van der Waals surface area contributed by atoms with E-state index in [4.69, 9.17) is 20.8 Å². The number of halogens is 1. The van der Waals surface area contributed by atoms with Crippen molar-refractivity contribution in [1.29, 1.82) is 0 Å². The van der Waals surface area contributed by atoms with Gasteiger partial charge in [0.1, 0.15) is 11.3 Å². The fraction of sp³-hybridized carbons (Fsp3) is 0.280. The molecule has 1 N–H and O–H groups in total. The minimum atomic E-state index is -0.694. The molecule has 2 aromatic carbocycles. The van der Waals surface area contributed by atoms with Crippen molar-refractivity contribution >= 4 is 34.3 Å². The number of aliphatic hydroxyl groups excluding tert-OH is 1. The van der Waals surface area contributed by atoms with Gasteiger partial charge in [0.15, 0.2) is 11.5 Å². The summed E-state index contributed by atoms with van der Waals surface area (Å²) in [6, 6.07) is 13.2. The Morgan fingerprint density at radius 1 is 1.12 bits per heavy atom. The first-order chi connectivity index (χ1) is 15.5. The predicted molar refractivity (Wildman–Crippen MR) is 120 cm³/mol. The molecule has 7 heteroatoms. The third-order valence-electron chi connectivity index (χ3n) is 6.34. The maximum atomic E-state index is 13.6. The number of carbonyl (C=O) groups is 2. The van der Waals surface area contributed by atoms with Crippen LogP contribution in [0.5, 0.6) is 5.75 Å². The van der Waals surface area contributed by atoms with Crippen LogP contribution in [0, 0.1) is 0 Å². The zero-order valence-corrected chi connectivity index (χ0v) is 18.3. The maximum absolute atomic E-state index is 13.6. The summed E-state index contributed by atoms with van der Waals surface area (Å²) in [5.74, 6) is -0.810. The van der Waals surface area contributed by atoms with Gasteiger partial charge in [0, 0.05) is 16.5 Å². The van der Waals surface area contributed by atoms with Crippen LogP contribution >= 0.6 is 11.6 Å². The molecule has 0 spiro atoms. The van der Waals surface area contributed by atoms with Crippen LogP contribution in [-0.4, -0.2) is 34.8 Å². The van der Waals surface area contributed by atoms with E-state index < -0.39 is 23.5 Å². The van der Waals surface area contributed by atoms with E-state index in [1.54, 1.807) is 48.4 Å². The molecule has 0 saturated heterocycles. The molecule has 2 aliphatic rings. The number of ether oxygens (including phenoxy) is 1. The molecule has 0 radical (unpaired) electrons. The Kier molecular flexibility index (Phi) is 5.18. The summed E-state index contributed by atoms with van der Waals surface area (Å²) in [7, 11) is 1.58. The molecular formula is C25H22ClNO5. The van der Waals surface area contributed by atoms with Crippen molar-refractivity contribution in [1.82, 2.24) is 4.90 Å². The van der Waals surface area contributed by atoms with E-state index in [-0.39, 0.29) is 17.4 Å². The monoisotopic (exact) mass is 451 g/mol. The molecule has 1 fully saturated rings. The number of hydrogen-bond acceptors (Lipinski definition) is 5. The van der Waals surface area contributed by atoms with Crippen LogP contribution in [0.1, 0.15) is 47.8 Å². The molecule has 2 heterocycles. The van der Waals surface area contributed by atoms with E-state index in [2.05, 4.69) is 0 Å². The largest absolute Gasteiger partial charge is 0.503 e. The first kappa shape index (κ1) is 20.6. The zero-order valence-electron chi connectivity index (χ0n) is 17.5. The molecule has 0 bridgehead atoms. The molecule has 5 rings (SSSR count). The number of Topliss-reactive ketones (excluding diaryl/α,β-unsaturated/α-hetero) is 1. The van der Waals surface area contributed by atoms with Crippen LogP contribution in [0.15, 0.2) is 64.3 Å². The normalized spacial score (nSPS) is 19.4. The lowest BCUT2D eigenvalue weighted by Gasteiger charge is -2.32. The number of amides is 1. The lowest BCUT2D eigenvalue weighted by molar-refractivity contribution is -0.131. The molecule has 6 nitrogen and oxygen atoms in total. The van der Waals surface area contributed by atoms with Gasteiger partial charge in [-0.2, -0.15) is 0 Å². The number of carbonyl (C=O) groups excluding carboxylic acids is 2. The molecule has 1 aromatic heterocycles. The number of fused-ring (bicyclic) bond motifs is 1. The number of aliphatic hydroxyl groups is 1. The van der Waals surface area contributed by atoms with Gasteiger partial charge in [-0.1, -0.05) is 36.6 Å². The lowest BCUT2D eigenvalue weighted by Crippen LogP contribution is -2.38. The van der Waals surface area contributed by atoms with Gasteiger partial charge in [-0.15, -0.1) is 0 Å². The highest BCUT2D eigenvalue weighted by Gasteiger charge is 2.47. The molecular weight excluding hydrogens is 430 g/mol. The molecule has 32 heavy (non-hydrogen) atoms. The van der Waals surface area contributed by atoms with Crippen molar-refractivity contribution in [2.75, 3.05) is 7.11 Å². The van der Waals surface area contributed by atoms with Crippen molar-refractivity contribution in [3.63, 3.8) is 0 Å². The van der Waals surface area contributed by atoms with Crippen molar-refractivity contribution in [3.05, 3.63) is 76.2 Å². The van der Waals surface area contributed by atoms with Gasteiger partial charge in [-0.05, 0) is 54.8 Å². The number of ketones is 1. The highest BCUT2D eigenvalue weighted by molar-refractivity contribution is 6.31. The summed E-state index contributed by atoms with van der Waals surface area (Å²) >= 11 is 6.06. The van der Waals surface area contributed by atoms with Gasteiger partial charge in [0.25, 0.3) is 5.91 Å². The Morgan fingerprint density at radius 2 is 1.84 bits per heavy atom. The number of methoxy groups -OCH3 is 1. The van der Waals surface area contributed by atoms with E-state index in [1.807, 2.05) is 12.1 Å². The fourth-order valence-corrected chi connectivity index (χ4v) is 4.97. The van der Waals surface area contributed by atoms with Crippen LogP contribution in [0.25, 0.3) is 11.0 Å². The second-order valence-corrected chi connectivity index (χ2v) is 8.65. The third kappa shape index (κ3) is 3.35. The van der Waals surface area contributed by atoms with Crippen molar-refractivity contribution < 1.29 is 23.8 Å². The Bertz CT molecular complexity index is 1240. The van der Waals surface area contributed by atoms with Gasteiger partial charge in [-0.25, -0.2) is 0 Å². The molecule has 164 valence electrons. The first-order valence-electron chi connectivity index (χ1n) is 10.6. The highest BCUT2D eigenvalue weighted by Crippen LogP contribution is 2.44. The SMILES string of the molecule is COc1ccc(C2C(C(=O)c3cc4cc(Cl)ccc4o3)=C(O)C(=O)N2C2CCCC2)cc1. The van der Waals surface area contributed by atoms with Crippen molar-refractivity contribution in [2.45, 2.75) is 37.8 Å². The van der Waals surface area contributed by atoms with Crippen LogP contribution in [-0.2, 0) is 4.79 Å². The number of rotatable bonds is 5. The van der Waals surface area contributed by atoms with Gasteiger partial charge in [0.2, 0.25) is 5.78 Å². The maximum Gasteiger partial charge on any atom is 0.290 e. The third-order valence-corrected chi connectivity index (χ3v) is 6.58. The predicted octanol–water partition coefficient (Wildman–Crippen LogP) is 5.62. The average Bonchev–Trinajstić information content (AvgIpc) is 3.52. The summed E-state index contributed by atoms with van der Waals surface area (Å²) in [4.78, 5) is 28.4. The minimum Gasteiger partial charge on any atom is -0.503 e. The molecule has 1 saturated carbocycles. The molecule has 1 aliphatic carbocycles. The van der Waals surface area contributed by atoms with Gasteiger partial charge in [0.05, 0.1) is 18.7 Å². The summed E-state index contributed by atoms with van der Waals surface area (Å²) in [6.45, 7) is 0. The number of nitrogens with zero attached hydrogens (tertiary/aromatic N) is 1.